The molecule has 0 aliphatic carbocycles. The summed E-state index contributed by atoms with van der Waals surface area (Å²) in [5.41, 5.74) is 2.39. The Labute approximate surface area is 103 Å². The molecule has 2 atom stereocenters. The number of nitrogens with zero attached hydrogens (tertiary/aromatic N) is 2. The molecule has 4 heteroatoms. The summed E-state index contributed by atoms with van der Waals surface area (Å²) in [5.74, 6) is 0. The largest absolute Gasteiger partial charge is 0.374 e. The molecule has 0 bridgehead atoms. The molecule has 1 aliphatic rings. The number of morpholine rings is 1. The Morgan fingerprint density at radius 3 is 3.00 bits per heavy atom. The maximum absolute atomic E-state index is 5.86. The van der Waals surface area contributed by atoms with Crippen LogP contribution >= 0.6 is 0 Å². The fourth-order valence-corrected chi connectivity index (χ4v) is 2.33. The zero-order valence-electron chi connectivity index (χ0n) is 10.8. The van der Waals surface area contributed by atoms with Gasteiger partial charge in [-0.25, -0.2) is 0 Å². The minimum Gasteiger partial charge on any atom is -0.374 e. The normalized spacial score (nSPS) is 23.6. The first-order chi connectivity index (χ1) is 8.20. The lowest BCUT2D eigenvalue weighted by molar-refractivity contribution is -0.0380. The second kappa shape index (κ2) is 5.58. The van der Waals surface area contributed by atoms with Gasteiger partial charge in [-0.2, -0.15) is 0 Å². The molecule has 1 aliphatic heterocycles. The van der Waals surface area contributed by atoms with Crippen molar-refractivity contribution in [3.63, 3.8) is 0 Å². The van der Waals surface area contributed by atoms with Crippen LogP contribution in [-0.2, 0) is 4.74 Å². The van der Waals surface area contributed by atoms with E-state index in [0.29, 0.717) is 0 Å². The van der Waals surface area contributed by atoms with Gasteiger partial charge in [0.1, 0.15) is 0 Å². The number of nitrogens with one attached hydrogen (secondary N) is 1. The molecule has 0 spiro atoms. The molecule has 1 N–H and O–H groups in total. The molecule has 2 heterocycles. The first kappa shape index (κ1) is 12.5. The number of hydrogen-bond acceptors (Lipinski definition) is 4. The smallest absolute Gasteiger partial charge is 0.0897 e. The highest BCUT2D eigenvalue weighted by molar-refractivity contribution is 5.21. The summed E-state index contributed by atoms with van der Waals surface area (Å²) in [7, 11) is 4.11. The van der Waals surface area contributed by atoms with E-state index in [1.807, 2.05) is 19.4 Å². The van der Waals surface area contributed by atoms with Crippen LogP contribution in [-0.4, -0.2) is 49.8 Å². The molecular weight excluding hydrogens is 214 g/mol. The number of aryl methyl sites for hydroxylation is 1. The molecule has 1 fully saturated rings. The topological polar surface area (TPSA) is 37.4 Å². The van der Waals surface area contributed by atoms with Gasteiger partial charge in [-0.3, -0.25) is 4.98 Å². The minimum absolute atomic E-state index is 0.197. The lowest BCUT2D eigenvalue weighted by Crippen LogP contribution is -2.46. The molecular formula is C13H21N3O. The van der Waals surface area contributed by atoms with Gasteiger partial charge in [0, 0.05) is 25.5 Å². The number of aromatic nitrogens is 1. The third-order valence-corrected chi connectivity index (χ3v) is 3.23. The highest BCUT2D eigenvalue weighted by Gasteiger charge is 2.27. The van der Waals surface area contributed by atoms with Gasteiger partial charge >= 0.3 is 0 Å². The van der Waals surface area contributed by atoms with Crippen LogP contribution in [0.25, 0.3) is 0 Å². The van der Waals surface area contributed by atoms with Crippen molar-refractivity contribution < 1.29 is 4.74 Å². The van der Waals surface area contributed by atoms with Crippen LogP contribution in [0.1, 0.15) is 17.2 Å². The highest BCUT2D eigenvalue weighted by Crippen LogP contribution is 2.21. The first-order valence-corrected chi connectivity index (χ1v) is 6.09. The fraction of sp³-hybridized carbons (Fsp3) is 0.615. The molecule has 1 aromatic heterocycles. The van der Waals surface area contributed by atoms with E-state index in [1.54, 1.807) is 0 Å². The van der Waals surface area contributed by atoms with Gasteiger partial charge in [-0.05, 0) is 32.1 Å². The molecule has 0 saturated carbocycles. The van der Waals surface area contributed by atoms with Crippen molar-refractivity contribution in [3.8, 4) is 0 Å². The summed E-state index contributed by atoms with van der Waals surface area (Å²) in [5, 5.41) is 3.34. The van der Waals surface area contributed by atoms with E-state index >= 15 is 0 Å². The lowest BCUT2D eigenvalue weighted by atomic mass is 10.0. The van der Waals surface area contributed by atoms with Crippen molar-refractivity contribution in [1.29, 1.82) is 0 Å². The van der Waals surface area contributed by atoms with Crippen LogP contribution in [0.5, 0.6) is 0 Å². The number of pyridine rings is 1. The monoisotopic (exact) mass is 235 g/mol. The van der Waals surface area contributed by atoms with Crippen molar-refractivity contribution in [2.75, 3.05) is 33.8 Å². The van der Waals surface area contributed by atoms with Crippen molar-refractivity contribution in [3.05, 3.63) is 29.6 Å². The quantitative estimate of drug-likeness (QED) is 0.847. The summed E-state index contributed by atoms with van der Waals surface area (Å²) < 4.78 is 5.86. The molecule has 2 unspecified atom stereocenters. The summed E-state index contributed by atoms with van der Waals surface area (Å²) in [6.07, 6.45) is 4.00. The standard InChI is InChI=1S/C13H21N3O/c1-10-6-11(8-15-7-10)13(14-2)12-9-16(3)4-5-17-12/h6-8,12-14H,4-5,9H2,1-3H3. The third-order valence-electron chi connectivity index (χ3n) is 3.23. The molecule has 17 heavy (non-hydrogen) atoms. The molecule has 0 amide bonds. The predicted octanol–water partition coefficient (Wildman–Crippen LogP) is 0.981. The van der Waals surface area contributed by atoms with E-state index < -0.39 is 0 Å². The number of hydrogen-bond donors (Lipinski definition) is 1. The van der Waals surface area contributed by atoms with E-state index in [1.165, 1.54) is 11.1 Å². The number of ether oxygens (including phenoxy) is 1. The number of rotatable bonds is 3. The Morgan fingerprint density at radius 2 is 2.35 bits per heavy atom. The van der Waals surface area contributed by atoms with E-state index in [0.717, 1.165) is 19.7 Å². The number of likely N-dealkylation sites (N-methyl/N-ethyl adjacent to an activating group) is 2. The van der Waals surface area contributed by atoms with Gasteiger partial charge in [0.2, 0.25) is 0 Å². The van der Waals surface area contributed by atoms with Gasteiger partial charge in [-0.1, -0.05) is 6.07 Å². The maximum atomic E-state index is 5.86. The van der Waals surface area contributed by atoms with Crippen LogP contribution in [0, 0.1) is 6.92 Å². The Kier molecular flexibility index (Phi) is 4.10. The minimum atomic E-state index is 0.197. The van der Waals surface area contributed by atoms with Crippen LogP contribution in [0.2, 0.25) is 0 Å². The Bertz CT molecular complexity index is 369. The van der Waals surface area contributed by atoms with Crippen molar-refractivity contribution in [2.24, 2.45) is 0 Å². The van der Waals surface area contributed by atoms with Crippen molar-refractivity contribution in [2.45, 2.75) is 19.1 Å². The molecule has 1 saturated heterocycles. The van der Waals surface area contributed by atoms with Crippen LogP contribution in [0.3, 0.4) is 0 Å². The Morgan fingerprint density at radius 1 is 1.53 bits per heavy atom. The lowest BCUT2D eigenvalue weighted by Gasteiger charge is -2.35. The first-order valence-electron chi connectivity index (χ1n) is 6.09. The summed E-state index contributed by atoms with van der Waals surface area (Å²) in [4.78, 5) is 6.57. The zero-order chi connectivity index (χ0) is 12.3. The molecule has 0 aromatic carbocycles. The van der Waals surface area contributed by atoms with Gasteiger partial charge < -0.3 is 15.0 Å². The van der Waals surface area contributed by atoms with Crippen molar-refractivity contribution >= 4 is 0 Å². The second-order valence-corrected chi connectivity index (χ2v) is 4.73. The maximum Gasteiger partial charge on any atom is 0.0897 e. The summed E-state index contributed by atoms with van der Waals surface area (Å²) in [6.45, 7) is 4.84. The van der Waals surface area contributed by atoms with Crippen LogP contribution in [0.4, 0.5) is 0 Å². The SMILES string of the molecule is CNC(c1cncc(C)c1)C1CN(C)CCO1. The Hall–Kier alpha value is -0.970. The molecule has 4 nitrogen and oxygen atoms in total. The van der Waals surface area contributed by atoms with Gasteiger partial charge in [0.15, 0.2) is 0 Å². The van der Waals surface area contributed by atoms with Crippen LogP contribution in [0.15, 0.2) is 18.5 Å². The van der Waals surface area contributed by atoms with Gasteiger partial charge in [0.05, 0.1) is 18.8 Å². The summed E-state index contributed by atoms with van der Waals surface area (Å²) >= 11 is 0. The van der Waals surface area contributed by atoms with Gasteiger partial charge in [-0.15, -0.1) is 0 Å². The van der Waals surface area contributed by atoms with Gasteiger partial charge in [0.25, 0.3) is 0 Å². The molecule has 1 aromatic rings. The summed E-state index contributed by atoms with van der Waals surface area (Å²) in [6, 6.07) is 2.39. The fourth-order valence-electron chi connectivity index (χ4n) is 2.33. The van der Waals surface area contributed by atoms with E-state index in [2.05, 4.69) is 35.2 Å². The zero-order valence-corrected chi connectivity index (χ0v) is 10.8. The Balaban J connectivity index is 2.15. The van der Waals surface area contributed by atoms with E-state index in [9.17, 15) is 0 Å². The predicted molar refractivity (Wildman–Crippen MR) is 68.0 cm³/mol. The molecule has 0 radical (unpaired) electrons. The van der Waals surface area contributed by atoms with Crippen molar-refractivity contribution in [1.82, 2.24) is 15.2 Å². The average Bonchev–Trinajstić information content (AvgIpc) is 2.30. The van der Waals surface area contributed by atoms with E-state index in [-0.39, 0.29) is 12.1 Å². The van der Waals surface area contributed by atoms with E-state index in [4.69, 9.17) is 4.74 Å². The second-order valence-electron chi connectivity index (χ2n) is 4.73. The average molecular weight is 235 g/mol. The van der Waals surface area contributed by atoms with Crippen LogP contribution < -0.4 is 5.32 Å². The highest BCUT2D eigenvalue weighted by atomic mass is 16.5. The third kappa shape index (κ3) is 3.03. The molecule has 94 valence electrons. The molecule has 2 rings (SSSR count).